The van der Waals surface area contributed by atoms with E-state index in [0.717, 1.165) is 38.0 Å². The molecule has 1 saturated heterocycles. The average Bonchev–Trinajstić information content (AvgIpc) is 3.26. The molecule has 0 radical (unpaired) electrons. The first-order chi connectivity index (χ1) is 10.8. The summed E-state index contributed by atoms with van der Waals surface area (Å²) >= 11 is 0. The highest BCUT2D eigenvalue weighted by Gasteiger charge is 2.31. The molecule has 0 spiro atoms. The van der Waals surface area contributed by atoms with E-state index in [1.807, 2.05) is 12.1 Å². The topological polar surface area (TPSA) is 73.6 Å². The lowest BCUT2D eigenvalue weighted by Crippen LogP contribution is -2.41. The summed E-state index contributed by atoms with van der Waals surface area (Å²) in [4.78, 5) is 12.2. The molecular weight excluding hydrogens is 280 g/mol. The van der Waals surface area contributed by atoms with Crippen LogP contribution in [0.3, 0.4) is 0 Å². The van der Waals surface area contributed by atoms with Crippen LogP contribution in [-0.2, 0) is 4.74 Å². The fourth-order valence-corrected chi connectivity index (χ4v) is 2.79. The third kappa shape index (κ3) is 3.99. The van der Waals surface area contributed by atoms with Crippen molar-refractivity contribution in [2.24, 2.45) is 11.7 Å². The average molecular weight is 304 g/mol. The maximum atomic E-state index is 12.2. The minimum absolute atomic E-state index is 0.0620. The van der Waals surface area contributed by atoms with Gasteiger partial charge in [0.1, 0.15) is 12.4 Å². The fourth-order valence-electron chi connectivity index (χ4n) is 2.79. The number of hydrogen-bond acceptors (Lipinski definition) is 4. The standard InChI is InChI=1S/C17H24N2O3/c18-10-16(12-3-4-12)19-17(20)13-5-7-14(8-6-13)22-11-15-2-1-9-21-15/h5-8,12,15-16H,1-4,9-11,18H2,(H,19,20). The molecule has 1 aliphatic carbocycles. The quantitative estimate of drug-likeness (QED) is 0.804. The number of hydrogen-bond donors (Lipinski definition) is 2. The summed E-state index contributed by atoms with van der Waals surface area (Å²) in [7, 11) is 0. The van der Waals surface area contributed by atoms with Crippen molar-refractivity contribution < 1.29 is 14.3 Å². The summed E-state index contributed by atoms with van der Waals surface area (Å²) in [5.41, 5.74) is 6.36. The molecule has 1 aromatic carbocycles. The molecule has 22 heavy (non-hydrogen) atoms. The van der Waals surface area contributed by atoms with Gasteiger partial charge in [0.25, 0.3) is 5.91 Å². The summed E-state index contributed by atoms with van der Waals surface area (Å²) in [6.45, 7) is 1.90. The molecule has 1 aliphatic heterocycles. The maximum Gasteiger partial charge on any atom is 0.251 e. The van der Waals surface area contributed by atoms with Gasteiger partial charge in [-0.2, -0.15) is 0 Å². The molecule has 2 atom stereocenters. The number of nitrogens with one attached hydrogen (secondary N) is 1. The van der Waals surface area contributed by atoms with E-state index in [2.05, 4.69) is 5.32 Å². The predicted molar refractivity (Wildman–Crippen MR) is 83.9 cm³/mol. The maximum absolute atomic E-state index is 12.2. The van der Waals surface area contributed by atoms with Crippen LogP contribution in [0.2, 0.25) is 0 Å². The summed E-state index contributed by atoms with van der Waals surface area (Å²) in [6, 6.07) is 7.35. The van der Waals surface area contributed by atoms with Gasteiger partial charge in [0, 0.05) is 24.8 Å². The van der Waals surface area contributed by atoms with Crippen molar-refractivity contribution in [2.75, 3.05) is 19.8 Å². The van der Waals surface area contributed by atoms with Crippen molar-refractivity contribution in [2.45, 2.75) is 37.8 Å². The molecule has 1 saturated carbocycles. The Balaban J connectivity index is 1.50. The lowest BCUT2D eigenvalue weighted by atomic mass is 10.1. The van der Waals surface area contributed by atoms with Gasteiger partial charge in [0.05, 0.1) is 6.10 Å². The number of rotatable bonds is 7. The molecule has 0 aromatic heterocycles. The van der Waals surface area contributed by atoms with Crippen LogP contribution in [0, 0.1) is 5.92 Å². The zero-order valence-electron chi connectivity index (χ0n) is 12.8. The van der Waals surface area contributed by atoms with Crippen LogP contribution in [-0.4, -0.2) is 37.8 Å². The number of ether oxygens (including phenoxy) is 2. The molecule has 3 N–H and O–H groups in total. The highest BCUT2D eigenvalue weighted by atomic mass is 16.5. The van der Waals surface area contributed by atoms with Crippen LogP contribution in [0.4, 0.5) is 0 Å². The van der Waals surface area contributed by atoms with Gasteiger partial charge in [-0.15, -0.1) is 0 Å². The molecule has 2 unspecified atom stereocenters. The first-order valence-corrected chi connectivity index (χ1v) is 8.11. The van der Waals surface area contributed by atoms with Crippen molar-refractivity contribution >= 4 is 5.91 Å². The number of carbonyl (C=O) groups excluding carboxylic acids is 1. The second-order valence-electron chi connectivity index (χ2n) is 6.12. The largest absolute Gasteiger partial charge is 0.491 e. The highest BCUT2D eigenvalue weighted by Crippen LogP contribution is 2.32. The fraction of sp³-hybridized carbons (Fsp3) is 0.588. The van der Waals surface area contributed by atoms with Crippen LogP contribution in [0.25, 0.3) is 0 Å². The zero-order chi connectivity index (χ0) is 15.4. The summed E-state index contributed by atoms with van der Waals surface area (Å²) in [6.07, 6.45) is 4.70. The third-order valence-electron chi connectivity index (χ3n) is 4.34. The van der Waals surface area contributed by atoms with E-state index >= 15 is 0 Å². The lowest BCUT2D eigenvalue weighted by molar-refractivity contribution is 0.0679. The van der Waals surface area contributed by atoms with E-state index in [9.17, 15) is 4.79 Å². The van der Waals surface area contributed by atoms with Crippen molar-refractivity contribution in [1.82, 2.24) is 5.32 Å². The van der Waals surface area contributed by atoms with E-state index in [1.54, 1.807) is 12.1 Å². The Morgan fingerprint density at radius 1 is 1.32 bits per heavy atom. The van der Waals surface area contributed by atoms with Gasteiger partial charge in [0.2, 0.25) is 0 Å². The zero-order valence-corrected chi connectivity index (χ0v) is 12.8. The van der Waals surface area contributed by atoms with Crippen LogP contribution < -0.4 is 15.8 Å². The molecule has 5 nitrogen and oxygen atoms in total. The highest BCUT2D eigenvalue weighted by molar-refractivity contribution is 5.94. The Kier molecular flexibility index (Phi) is 4.95. The van der Waals surface area contributed by atoms with Gasteiger partial charge in [-0.1, -0.05) is 0 Å². The number of amides is 1. The lowest BCUT2D eigenvalue weighted by Gasteiger charge is -2.16. The van der Waals surface area contributed by atoms with Crippen LogP contribution in [0.5, 0.6) is 5.75 Å². The molecule has 1 heterocycles. The molecule has 120 valence electrons. The van der Waals surface area contributed by atoms with Crippen molar-refractivity contribution in [3.63, 3.8) is 0 Å². The number of benzene rings is 1. The molecule has 5 heteroatoms. The number of nitrogens with two attached hydrogens (primary N) is 1. The minimum Gasteiger partial charge on any atom is -0.491 e. The summed E-state index contributed by atoms with van der Waals surface area (Å²) < 4.78 is 11.2. The molecule has 1 aromatic rings. The van der Waals surface area contributed by atoms with Crippen LogP contribution in [0.15, 0.2) is 24.3 Å². The third-order valence-corrected chi connectivity index (χ3v) is 4.34. The molecular formula is C17H24N2O3. The molecule has 0 bridgehead atoms. The van der Waals surface area contributed by atoms with E-state index in [4.69, 9.17) is 15.2 Å². The molecule has 1 amide bonds. The van der Waals surface area contributed by atoms with Gasteiger partial charge in [-0.3, -0.25) is 4.79 Å². The minimum atomic E-state index is -0.0620. The van der Waals surface area contributed by atoms with E-state index in [-0.39, 0.29) is 18.1 Å². The van der Waals surface area contributed by atoms with Gasteiger partial charge in [0.15, 0.2) is 0 Å². The van der Waals surface area contributed by atoms with Crippen molar-refractivity contribution in [3.8, 4) is 5.75 Å². The molecule has 3 rings (SSSR count). The Morgan fingerprint density at radius 3 is 2.68 bits per heavy atom. The van der Waals surface area contributed by atoms with Crippen molar-refractivity contribution in [1.29, 1.82) is 0 Å². The van der Waals surface area contributed by atoms with E-state index in [0.29, 0.717) is 24.6 Å². The van der Waals surface area contributed by atoms with Gasteiger partial charge in [-0.25, -0.2) is 0 Å². The van der Waals surface area contributed by atoms with Crippen LogP contribution in [0.1, 0.15) is 36.0 Å². The Bertz CT molecular complexity index is 493. The first kappa shape index (κ1) is 15.3. The summed E-state index contributed by atoms with van der Waals surface area (Å²) in [5, 5.41) is 3.02. The van der Waals surface area contributed by atoms with Gasteiger partial charge >= 0.3 is 0 Å². The van der Waals surface area contributed by atoms with Crippen molar-refractivity contribution in [3.05, 3.63) is 29.8 Å². The van der Waals surface area contributed by atoms with E-state index < -0.39 is 0 Å². The Labute approximate surface area is 131 Å². The smallest absolute Gasteiger partial charge is 0.251 e. The van der Waals surface area contributed by atoms with E-state index in [1.165, 1.54) is 0 Å². The SMILES string of the molecule is NCC(NC(=O)c1ccc(OCC2CCCO2)cc1)C1CC1. The first-order valence-electron chi connectivity index (χ1n) is 8.11. The predicted octanol–water partition coefficient (Wildman–Crippen LogP) is 1.71. The second-order valence-corrected chi connectivity index (χ2v) is 6.12. The van der Waals surface area contributed by atoms with Gasteiger partial charge in [-0.05, 0) is 55.9 Å². The normalized spacial score (nSPS) is 22.3. The summed E-state index contributed by atoms with van der Waals surface area (Å²) in [5.74, 6) is 1.26. The van der Waals surface area contributed by atoms with Crippen LogP contribution >= 0.6 is 0 Å². The van der Waals surface area contributed by atoms with Gasteiger partial charge < -0.3 is 20.5 Å². The molecule has 2 fully saturated rings. The molecule has 2 aliphatic rings. The Morgan fingerprint density at radius 2 is 2.09 bits per heavy atom. The second kappa shape index (κ2) is 7.11. The monoisotopic (exact) mass is 304 g/mol. The Hall–Kier alpha value is -1.59. The number of carbonyl (C=O) groups is 1.